The molecule has 1 aliphatic rings. The number of thiazole rings is 1. The fourth-order valence-electron chi connectivity index (χ4n) is 2.53. The lowest BCUT2D eigenvalue weighted by Gasteiger charge is -2.35. The van der Waals surface area contributed by atoms with Crippen LogP contribution in [0.4, 0.5) is 5.13 Å². The zero-order valence-corrected chi connectivity index (χ0v) is 14.2. The van der Waals surface area contributed by atoms with Crippen LogP contribution >= 0.6 is 23.7 Å². The van der Waals surface area contributed by atoms with Gasteiger partial charge in [0.1, 0.15) is 0 Å². The third kappa shape index (κ3) is 3.34. The first-order chi connectivity index (χ1) is 10.2. The summed E-state index contributed by atoms with van der Waals surface area (Å²) >= 11 is 1.72. The number of nitrogens with two attached hydrogens (primary N) is 1. The van der Waals surface area contributed by atoms with E-state index < -0.39 is 0 Å². The predicted molar refractivity (Wildman–Crippen MR) is 93.9 cm³/mol. The van der Waals surface area contributed by atoms with Crippen LogP contribution in [0.15, 0.2) is 24.3 Å². The smallest absolute Gasteiger partial charge is 0.226 e. The monoisotopic (exact) mass is 340 g/mol. The molecule has 1 aromatic carbocycles. The number of amides is 1. The van der Waals surface area contributed by atoms with E-state index >= 15 is 0 Å². The van der Waals surface area contributed by atoms with Gasteiger partial charge in [-0.3, -0.25) is 4.79 Å². The van der Waals surface area contributed by atoms with Gasteiger partial charge in [0.2, 0.25) is 5.91 Å². The lowest BCUT2D eigenvalue weighted by Crippen LogP contribution is -2.50. The first-order valence-electron chi connectivity index (χ1n) is 7.28. The van der Waals surface area contributed by atoms with Gasteiger partial charge in [-0.15, -0.1) is 12.4 Å². The van der Waals surface area contributed by atoms with Crippen LogP contribution in [-0.2, 0) is 4.79 Å². The molecule has 0 spiro atoms. The van der Waals surface area contributed by atoms with E-state index in [0.717, 1.165) is 36.8 Å². The van der Waals surface area contributed by atoms with Gasteiger partial charge in [0.05, 0.1) is 10.2 Å². The lowest BCUT2D eigenvalue weighted by atomic mass is 10.1. The van der Waals surface area contributed by atoms with Crippen LogP contribution in [0.5, 0.6) is 0 Å². The van der Waals surface area contributed by atoms with Crippen LogP contribution in [0.2, 0.25) is 0 Å². The fraction of sp³-hybridized carbons (Fsp3) is 0.467. The van der Waals surface area contributed by atoms with Crippen molar-refractivity contribution in [3.8, 4) is 0 Å². The molecule has 1 unspecified atom stereocenters. The van der Waals surface area contributed by atoms with Gasteiger partial charge in [-0.05, 0) is 12.1 Å². The number of rotatable bonds is 3. The zero-order chi connectivity index (χ0) is 14.8. The molecule has 1 fully saturated rings. The Morgan fingerprint density at radius 3 is 2.64 bits per heavy atom. The van der Waals surface area contributed by atoms with Gasteiger partial charge in [-0.1, -0.05) is 30.4 Å². The molecule has 1 aromatic heterocycles. The SMILES string of the molecule is CC(CN)C(=O)N1CCN(c2nc3ccccc3s2)CC1.Cl. The van der Waals surface area contributed by atoms with Gasteiger partial charge >= 0.3 is 0 Å². The average molecular weight is 341 g/mol. The number of carbonyl (C=O) groups excluding carboxylic acids is 1. The predicted octanol–water partition coefficient (Wildman–Crippen LogP) is 1.96. The molecule has 0 aliphatic carbocycles. The molecule has 2 N–H and O–H groups in total. The molecule has 0 bridgehead atoms. The standard InChI is InChI=1S/C15H20N4OS.ClH/c1-11(10-16)14(20)18-6-8-19(9-7-18)15-17-12-4-2-3-5-13(12)21-15;/h2-5,11H,6-10,16H2,1H3;1H. The summed E-state index contributed by atoms with van der Waals surface area (Å²) in [4.78, 5) is 21.0. The van der Waals surface area contributed by atoms with E-state index in [2.05, 4.69) is 16.0 Å². The van der Waals surface area contributed by atoms with E-state index in [-0.39, 0.29) is 24.2 Å². The molecule has 7 heteroatoms. The molecule has 2 aromatic rings. The number of hydrogen-bond donors (Lipinski definition) is 1. The molecular formula is C15H21ClN4OS. The second-order valence-corrected chi connectivity index (χ2v) is 6.42. The minimum atomic E-state index is -0.0843. The van der Waals surface area contributed by atoms with Crippen molar-refractivity contribution in [1.82, 2.24) is 9.88 Å². The van der Waals surface area contributed by atoms with Crippen molar-refractivity contribution in [3.63, 3.8) is 0 Å². The summed E-state index contributed by atoms with van der Waals surface area (Å²) in [6.07, 6.45) is 0. The Morgan fingerprint density at radius 1 is 1.32 bits per heavy atom. The molecule has 3 rings (SSSR count). The summed E-state index contributed by atoms with van der Waals surface area (Å²) in [6.45, 7) is 5.48. The number of piperazine rings is 1. The second-order valence-electron chi connectivity index (χ2n) is 5.41. The first kappa shape index (κ1) is 17.0. The topological polar surface area (TPSA) is 62.5 Å². The van der Waals surface area contributed by atoms with Crippen LogP contribution < -0.4 is 10.6 Å². The summed E-state index contributed by atoms with van der Waals surface area (Å²) in [5.41, 5.74) is 6.62. The van der Waals surface area contributed by atoms with Crippen LogP contribution in [-0.4, -0.2) is 48.5 Å². The maximum absolute atomic E-state index is 12.1. The molecule has 1 amide bonds. The van der Waals surface area contributed by atoms with Crippen molar-refractivity contribution >= 4 is 45.0 Å². The third-order valence-corrected chi connectivity index (χ3v) is 5.02. The van der Waals surface area contributed by atoms with Crippen molar-refractivity contribution in [2.24, 2.45) is 11.7 Å². The molecule has 1 atom stereocenters. The Balaban J connectivity index is 0.00000176. The van der Waals surface area contributed by atoms with Crippen molar-refractivity contribution in [1.29, 1.82) is 0 Å². The Labute approximate surface area is 140 Å². The summed E-state index contributed by atoms with van der Waals surface area (Å²) < 4.78 is 1.21. The molecule has 1 saturated heterocycles. The molecule has 1 aliphatic heterocycles. The van der Waals surface area contributed by atoms with Gasteiger partial charge < -0.3 is 15.5 Å². The minimum absolute atomic E-state index is 0. The van der Waals surface area contributed by atoms with Gasteiger partial charge in [0.25, 0.3) is 0 Å². The normalized spacial score (nSPS) is 16.5. The van der Waals surface area contributed by atoms with Crippen LogP contribution in [0.1, 0.15) is 6.92 Å². The average Bonchev–Trinajstić information content (AvgIpc) is 2.97. The van der Waals surface area contributed by atoms with Gasteiger partial charge in [-0.25, -0.2) is 4.98 Å². The molecule has 2 heterocycles. The second kappa shape index (κ2) is 7.26. The zero-order valence-electron chi connectivity index (χ0n) is 12.6. The first-order valence-corrected chi connectivity index (χ1v) is 8.10. The lowest BCUT2D eigenvalue weighted by molar-refractivity contribution is -0.134. The molecule has 5 nitrogen and oxygen atoms in total. The van der Waals surface area contributed by atoms with E-state index in [9.17, 15) is 4.79 Å². The van der Waals surface area contributed by atoms with E-state index in [1.807, 2.05) is 30.0 Å². The summed E-state index contributed by atoms with van der Waals surface area (Å²) in [5, 5.41) is 1.05. The number of aromatic nitrogens is 1. The number of carbonyl (C=O) groups is 1. The number of anilines is 1. The number of nitrogens with zero attached hydrogens (tertiary/aromatic N) is 3. The Hall–Kier alpha value is -1.37. The van der Waals surface area contributed by atoms with Crippen molar-refractivity contribution in [3.05, 3.63) is 24.3 Å². The quantitative estimate of drug-likeness (QED) is 0.927. The highest BCUT2D eigenvalue weighted by molar-refractivity contribution is 7.22. The molecular weight excluding hydrogens is 320 g/mol. The minimum Gasteiger partial charge on any atom is -0.345 e. The van der Waals surface area contributed by atoms with E-state index in [1.165, 1.54) is 4.70 Å². The van der Waals surface area contributed by atoms with Crippen molar-refractivity contribution < 1.29 is 4.79 Å². The summed E-state index contributed by atoms with van der Waals surface area (Å²) in [5.74, 6) is 0.0838. The Kier molecular flexibility index (Phi) is 5.61. The molecule has 120 valence electrons. The van der Waals surface area contributed by atoms with E-state index in [1.54, 1.807) is 11.3 Å². The van der Waals surface area contributed by atoms with E-state index in [0.29, 0.717) is 6.54 Å². The highest BCUT2D eigenvalue weighted by Crippen LogP contribution is 2.29. The fourth-order valence-corrected chi connectivity index (χ4v) is 3.54. The number of halogens is 1. The number of hydrogen-bond acceptors (Lipinski definition) is 5. The van der Waals surface area contributed by atoms with Gasteiger partial charge in [0, 0.05) is 38.6 Å². The molecule has 0 radical (unpaired) electrons. The third-order valence-electron chi connectivity index (χ3n) is 3.92. The number of fused-ring (bicyclic) bond motifs is 1. The highest BCUT2D eigenvalue weighted by atomic mass is 35.5. The van der Waals surface area contributed by atoms with Crippen LogP contribution in [0.25, 0.3) is 10.2 Å². The van der Waals surface area contributed by atoms with Gasteiger partial charge in [0.15, 0.2) is 5.13 Å². The Bertz CT molecular complexity index is 606. The van der Waals surface area contributed by atoms with Crippen LogP contribution in [0, 0.1) is 5.92 Å². The summed E-state index contributed by atoms with van der Waals surface area (Å²) in [7, 11) is 0. The van der Waals surface area contributed by atoms with E-state index in [4.69, 9.17) is 5.73 Å². The highest BCUT2D eigenvalue weighted by Gasteiger charge is 2.25. The summed E-state index contributed by atoms with van der Waals surface area (Å²) in [6, 6.07) is 8.18. The van der Waals surface area contributed by atoms with Gasteiger partial charge in [-0.2, -0.15) is 0 Å². The maximum Gasteiger partial charge on any atom is 0.226 e. The van der Waals surface area contributed by atoms with Crippen LogP contribution in [0.3, 0.4) is 0 Å². The maximum atomic E-state index is 12.1. The molecule has 0 saturated carbocycles. The number of para-hydroxylation sites is 1. The van der Waals surface area contributed by atoms with Crippen molar-refractivity contribution in [2.45, 2.75) is 6.92 Å². The Morgan fingerprint density at radius 2 is 2.00 bits per heavy atom. The molecule has 22 heavy (non-hydrogen) atoms. The number of benzene rings is 1. The van der Waals surface area contributed by atoms with Crippen molar-refractivity contribution in [2.75, 3.05) is 37.6 Å². The largest absolute Gasteiger partial charge is 0.345 e.